The van der Waals surface area contributed by atoms with Gasteiger partial charge in [-0.25, -0.2) is 4.90 Å². The van der Waals surface area contributed by atoms with Crippen LogP contribution in [0, 0.1) is 22.7 Å². The molecule has 0 radical (unpaired) electrons. The van der Waals surface area contributed by atoms with Gasteiger partial charge in [0.2, 0.25) is 0 Å². The second-order valence-electron chi connectivity index (χ2n) is 15.8. The highest BCUT2D eigenvalue weighted by Crippen LogP contribution is 2.47. The van der Waals surface area contributed by atoms with E-state index in [2.05, 4.69) is 53.1 Å². The van der Waals surface area contributed by atoms with Gasteiger partial charge in [0.15, 0.2) is 0 Å². The predicted molar refractivity (Wildman–Crippen MR) is 255 cm³/mol. The Morgan fingerprint density at radius 1 is 0.359 bits per heavy atom. The van der Waals surface area contributed by atoms with Gasteiger partial charge >= 0.3 is 0 Å². The number of imide groups is 1. The van der Waals surface area contributed by atoms with Crippen LogP contribution in [0.2, 0.25) is 0 Å². The molecule has 6 heteroatoms. The first-order chi connectivity index (χ1) is 31.5. The molecular weight excluding hydrogens is 785 g/mol. The maximum atomic E-state index is 15.6. The fourth-order valence-corrected chi connectivity index (χ4v) is 9.29. The van der Waals surface area contributed by atoms with Crippen molar-refractivity contribution in [1.82, 2.24) is 4.57 Å². The predicted octanol–water partition coefficient (Wildman–Crippen LogP) is 13.7. The van der Waals surface area contributed by atoms with Gasteiger partial charge < -0.3 is 4.57 Å². The molecule has 0 fully saturated rings. The molecule has 298 valence electrons. The summed E-state index contributed by atoms with van der Waals surface area (Å²) in [6.45, 7) is 0. The lowest BCUT2D eigenvalue weighted by atomic mass is 9.90. The van der Waals surface area contributed by atoms with Crippen molar-refractivity contribution in [2.24, 2.45) is 0 Å². The van der Waals surface area contributed by atoms with Crippen molar-refractivity contribution in [3.05, 3.63) is 229 Å². The van der Waals surface area contributed by atoms with Crippen LogP contribution in [-0.2, 0) is 0 Å². The van der Waals surface area contributed by atoms with Crippen molar-refractivity contribution in [2.75, 3.05) is 4.90 Å². The topological polar surface area (TPSA) is 89.9 Å². The molecule has 11 rings (SSSR count). The van der Waals surface area contributed by atoms with Crippen molar-refractivity contribution in [3.8, 4) is 73.5 Å². The van der Waals surface area contributed by atoms with E-state index in [1.807, 2.05) is 164 Å². The molecular formula is C58H34N4O2. The molecule has 0 saturated carbocycles. The normalized spacial score (nSPS) is 12.1. The van der Waals surface area contributed by atoms with Gasteiger partial charge in [-0.2, -0.15) is 10.5 Å². The van der Waals surface area contributed by atoms with E-state index in [0.717, 1.165) is 77.4 Å². The number of hydrogen-bond donors (Lipinski definition) is 0. The first kappa shape index (κ1) is 37.9. The molecule has 64 heavy (non-hydrogen) atoms. The van der Waals surface area contributed by atoms with Gasteiger partial charge in [0.1, 0.15) is 0 Å². The third-order valence-electron chi connectivity index (χ3n) is 12.2. The molecule has 0 atom stereocenters. The minimum atomic E-state index is -0.424. The fraction of sp³-hybridized carbons (Fsp3) is 0. The Morgan fingerprint density at radius 2 is 0.812 bits per heavy atom. The molecule has 9 aromatic carbocycles. The maximum Gasteiger partial charge on any atom is 0.268 e. The fourth-order valence-electron chi connectivity index (χ4n) is 9.29. The molecule has 1 aromatic heterocycles. The summed E-state index contributed by atoms with van der Waals surface area (Å²) in [6, 6.07) is 71.5. The first-order valence-electron chi connectivity index (χ1n) is 21.0. The highest BCUT2D eigenvalue weighted by atomic mass is 16.2. The zero-order chi connectivity index (χ0) is 43.3. The van der Waals surface area contributed by atoms with Crippen LogP contribution in [0.3, 0.4) is 0 Å². The molecule has 10 aromatic rings. The van der Waals surface area contributed by atoms with E-state index < -0.39 is 11.8 Å². The average Bonchev–Trinajstić information content (AvgIpc) is 3.83. The number of nitrogens with zero attached hydrogens (tertiary/aromatic N) is 4. The van der Waals surface area contributed by atoms with Crippen molar-refractivity contribution in [1.29, 1.82) is 10.5 Å². The Labute approximate surface area is 369 Å². The second kappa shape index (κ2) is 15.4. The number of benzene rings is 9. The van der Waals surface area contributed by atoms with Crippen LogP contribution in [0.5, 0.6) is 0 Å². The van der Waals surface area contributed by atoms with E-state index in [4.69, 9.17) is 0 Å². The van der Waals surface area contributed by atoms with Crippen LogP contribution >= 0.6 is 0 Å². The SMILES string of the molecule is N#Cc1ccccc1-c1ccc2c(c1)c1cc(-c3ccccc3C#N)ccc1n2-c1cccc2c1C(=O)N(c1c(-c3ccccc3)cc(-c3ccccc3)cc1-c1ccccc1)C2=O. The molecule has 0 aliphatic carbocycles. The van der Waals surface area contributed by atoms with Gasteiger partial charge in [-0.15, -0.1) is 0 Å². The number of nitriles is 2. The Kier molecular flexibility index (Phi) is 9.12. The average molecular weight is 819 g/mol. The molecule has 1 aliphatic rings. The van der Waals surface area contributed by atoms with Crippen LogP contribution < -0.4 is 4.90 Å². The Bertz CT molecular complexity index is 3440. The molecule has 2 heterocycles. The number of fused-ring (bicyclic) bond motifs is 4. The molecule has 0 unspecified atom stereocenters. The monoisotopic (exact) mass is 818 g/mol. The lowest BCUT2D eigenvalue weighted by Gasteiger charge is -2.24. The van der Waals surface area contributed by atoms with Gasteiger partial charge in [0, 0.05) is 21.9 Å². The Hall–Kier alpha value is -9.10. The molecule has 1 aliphatic heterocycles. The van der Waals surface area contributed by atoms with Crippen molar-refractivity contribution >= 4 is 39.3 Å². The third-order valence-corrected chi connectivity index (χ3v) is 12.2. The minimum Gasteiger partial charge on any atom is -0.308 e. The number of carbonyl (C=O) groups excluding carboxylic acids is 2. The highest BCUT2D eigenvalue weighted by molar-refractivity contribution is 6.37. The standard InChI is InChI=1S/C58H34N4O2/c59-35-42-21-10-12-23-45(42)40-27-29-52-50(31-40)51-32-41(46-24-13-11-22-43(46)36-60)28-30-53(51)61(52)54-26-14-25-47-55(54)58(64)62(57(47)63)56-48(38-17-6-2-7-18-38)33-44(37-15-4-1-5-16-37)34-49(56)39-19-8-3-9-20-39/h1-34H. The largest absolute Gasteiger partial charge is 0.308 e. The summed E-state index contributed by atoms with van der Waals surface area (Å²) in [5.74, 6) is -0.832. The van der Waals surface area contributed by atoms with Crippen molar-refractivity contribution in [3.63, 3.8) is 0 Å². The molecule has 6 nitrogen and oxygen atoms in total. The summed E-state index contributed by atoms with van der Waals surface area (Å²) < 4.78 is 2.06. The quantitative estimate of drug-likeness (QED) is 0.150. The lowest BCUT2D eigenvalue weighted by Crippen LogP contribution is -2.30. The first-order valence-corrected chi connectivity index (χ1v) is 21.0. The number of rotatable bonds is 7. The smallest absolute Gasteiger partial charge is 0.268 e. The van der Waals surface area contributed by atoms with Crippen LogP contribution in [0.25, 0.3) is 83.1 Å². The molecule has 2 amide bonds. The summed E-state index contributed by atoms with van der Waals surface area (Å²) in [7, 11) is 0. The van der Waals surface area contributed by atoms with Gasteiger partial charge in [-0.1, -0.05) is 146 Å². The van der Waals surface area contributed by atoms with Crippen LogP contribution in [-0.4, -0.2) is 16.4 Å². The Balaban J connectivity index is 1.16. The van der Waals surface area contributed by atoms with E-state index in [-0.39, 0.29) is 0 Å². The maximum absolute atomic E-state index is 15.6. The van der Waals surface area contributed by atoms with E-state index in [1.54, 1.807) is 6.07 Å². The molecule has 0 bridgehead atoms. The van der Waals surface area contributed by atoms with Crippen LogP contribution in [0.4, 0.5) is 5.69 Å². The zero-order valence-electron chi connectivity index (χ0n) is 34.2. The lowest BCUT2D eigenvalue weighted by molar-refractivity contribution is 0.0926. The molecule has 0 N–H and O–H groups in total. The van der Waals surface area contributed by atoms with Gasteiger partial charge in [-0.3, -0.25) is 9.59 Å². The Morgan fingerprint density at radius 3 is 1.31 bits per heavy atom. The summed E-state index contributed by atoms with van der Waals surface area (Å²) in [4.78, 5) is 32.1. The number of anilines is 1. The van der Waals surface area contributed by atoms with Gasteiger partial charge in [-0.05, 0) is 105 Å². The van der Waals surface area contributed by atoms with Gasteiger partial charge in [0.05, 0.1) is 56.8 Å². The highest BCUT2D eigenvalue weighted by Gasteiger charge is 2.42. The molecule has 0 saturated heterocycles. The second-order valence-corrected chi connectivity index (χ2v) is 15.8. The van der Waals surface area contributed by atoms with Crippen molar-refractivity contribution in [2.45, 2.75) is 0 Å². The number of aromatic nitrogens is 1. The van der Waals surface area contributed by atoms with E-state index in [0.29, 0.717) is 33.6 Å². The number of amides is 2. The van der Waals surface area contributed by atoms with Gasteiger partial charge in [0.25, 0.3) is 11.8 Å². The summed E-state index contributed by atoms with van der Waals surface area (Å²) in [5, 5.41) is 21.9. The zero-order valence-corrected chi connectivity index (χ0v) is 34.2. The summed E-state index contributed by atoms with van der Waals surface area (Å²) >= 11 is 0. The third kappa shape index (κ3) is 6.10. The van der Waals surface area contributed by atoms with Crippen LogP contribution in [0.15, 0.2) is 206 Å². The number of carbonyl (C=O) groups is 2. The van der Waals surface area contributed by atoms with E-state index in [9.17, 15) is 10.5 Å². The minimum absolute atomic E-state index is 0.300. The molecule has 0 spiro atoms. The summed E-state index contributed by atoms with van der Waals surface area (Å²) in [5.41, 5.74) is 13.0. The van der Waals surface area contributed by atoms with Crippen LogP contribution in [0.1, 0.15) is 31.8 Å². The van der Waals surface area contributed by atoms with E-state index >= 15 is 9.59 Å². The van der Waals surface area contributed by atoms with Crippen molar-refractivity contribution < 1.29 is 9.59 Å². The number of hydrogen-bond acceptors (Lipinski definition) is 4. The summed E-state index contributed by atoms with van der Waals surface area (Å²) in [6.07, 6.45) is 0. The van der Waals surface area contributed by atoms with E-state index in [1.165, 1.54) is 4.90 Å².